The molecule has 0 radical (unpaired) electrons. The lowest BCUT2D eigenvalue weighted by molar-refractivity contribution is -0.118. The number of benzene rings is 1. The first-order valence-corrected chi connectivity index (χ1v) is 7.12. The van der Waals surface area contributed by atoms with Crippen LogP contribution in [0, 0.1) is 18.7 Å². The third-order valence-corrected chi connectivity index (χ3v) is 3.98. The summed E-state index contributed by atoms with van der Waals surface area (Å²) in [6.45, 7) is 4.02. The van der Waals surface area contributed by atoms with Crippen LogP contribution in [0.15, 0.2) is 18.2 Å². The van der Waals surface area contributed by atoms with Gasteiger partial charge >= 0.3 is 0 Å². The Morgan fingerprint density at radius 2 is 2.11 bits per heavy atom. The van der Waals surface area contributed by atoms with E-state index in [1.807, 2.05) is 6.92 Å². The number of carbonyl (C=O) groups excluding carboxylic acids is 1. The van der Waals surface area contributed by atoms with Crippen molar-refractivity contribution in [2.24, 2.45) is 5.92 Å². The molecule has 1 saturated heterocycles. The average Bonchev–Trinajstić information content (AvgIpc) is 2.41. The van der Waals surface area contributed by atoms with Crippen molar-refractivity contribution in [3.63, 3.8) is 0 Å². The standard InChI is InChI=1S/C16H22FNO/c1-12-10-15(17)4-3-14(12)11-16(19)5-2-13-6-8-18-9-7-13/h3-4,10,13,18H,2,5-9,11H2,1H3. The van der Waals surface area contributed by atoms with Gasteiger partial charge in [0.1, 0.15) is 11.6 Å². The SMILES string of the molecule is Cc1cc(F)ccc1CC(=O)CCC1CCNCC1. The summed E-state index contributed by atoms with van der Waals surface area (Å²) >= 11 is 0. The highest BCUT2D eigenvalue weighted by Crippen LogP contribution is 2.19. The summed E-state index contributed by atoms with van der Waals surface area (Å²) in [4.78, 5) is 12.0. The molecule has 1 fully saturated rings. The summed E-state index contributed by atoms with van der Waals surface area (Å²) in [7, 11) is 0. The summed E-state index contributed by atoms with van der Waals surface area (Å²) in [5, 5.41) is 3.33. The topological polar surface area (TPSA) is 29.1 Å². The minimum absolute atomic E-state index is 0.233. The van der Waals surface area contributed by atoms with E-state index in [9.17, 15) is 9.18 Å². The number of halogens is 1. The van der Waals surface area contributed by atoms with Crippen molar-refractivity contribution >= 4 is 5.78 Å². The molecule has 3 heteroatoms. The van der Waals surface area contributed by atoms with Gasteiger partial charge in [0.25, 0.3) is 0 Å². The molecule has 1 aromatic carbocycles. The summed E-state index contributed by atoms with van der Waals surface area (Å²) in [5.74, 6) is 0.733. The van der Waals surface area contributed by atoms with E-state index in [4.69, 9.17) is 0 Å². The fourth-order valence-electron chi connectivity index (χ4n) is 2.69. The molecule has 2 nitrogen and oxygen atoms in total. The van der Waals surface area contributed by atoms with Crippen LogP contribution in [0.25, 0.3) is 0 Å². The second kappa shape index (κ2) is 6.80. The van der Waals surface area contributed by atoms with Crippen molar-refractivity contribution in [3.05, 3.63) is 35.1 Å². The Morgan fingerprint density at radius 3 is 2.79 bits per heavy atom. The molecule has 0 aromatic heterocycles. The van der Waals surface area contributed by atoms with Crippen LogP contribution in [0.3, 0.4) is 0 Å². The smallest absolute Gasteiger partial charge is 0.137 e. The molecule has 19 heavy (non-hydrogen) atoms. The molecule has 0 aliphatic carbocycles. The minimum Gasteiger partial charge on any atom is -0.317 e. The van der Waals surface area contributed by atoms with Crippen LogP contribution >= 0.6 is 0 Å². The van der Waals surface area contributed by atoms with Crippen LogP contribution in [-0.2, 0) is 11.2 Å². The zero-order valence-corrected chi connectivity index (χ0v) is 11.5. The number of Topliss-reactive ketones (excluding diaryl/α,β-unsaturated/α-hetero) is 1. The number of nitrogens with one attached hydrogen (secondary N) is 1. The third-order valence-electron chi connectivity index (χ3n) is 3.98. The van der Waals surface area contributed by atoms with Crippen LogP contribution in [0.2, 0.25) is 0 Å². The van der Waals surface area contributed by atoms with E-state index in [-0.39, 0.29) is 11.6 Å². The zero-order chi connectivity index (χ0) is 13.7. The minimum atomic E-state index is -0.233. The Kier molecular flexibility index (Phi) is 5.08. The molecule has 1 aliphatic rings. The average molecular weight is 263 g/mol. The molecule has 104 valence electrons. The van der Waals surface area contributed by atoms with E-state index >= 15 is 0 Å². The van der Waals surface area contributed by atoms with E-state index in [1.165, 1.54) is 25.0 Å². The summed E-state index contributed by atoms with van der Waals surface area (Å²) < 4.78 is 13.0. The summed E-state index contributed by atoms with van der Waals surface area (Å²) in [5.41, 5.74) is 1.83. The van der Waals surface area contributed by atoms with Gasteiger partial charge in [-0.05, 0) is 68.5 Å². The number of rotatable bonds is 5. The first-order chi connectivity index (χ1) is 9.15. The van der Waals surface area contributed by atoms with E-state index in [0.717, 1.165) is 30.6 Å². The highest BCUT2D eigenvalue weighted by atomic mass is 19.1. The van der Waals surface area contributed by atoms with Gasteiger partial charge in [0, 0.05) is 12.8 Å². The van der Waals surface area contributed by atoms with Gasteiger partial charge in [0.05, 0.1) is 0 Å². The second-order valence-corrected chi connectivity index (χ2v) is 5.52. The molecule has 0 bridgehead atoms. The molecule has 0 saturated carbocycles. The molecule has 1 N–H and O–H groups in total. The maximum atomic E-state index is 13.0. The highest BCUT2D eigenvalue weighted by molar-refractivity contribution is 5.81. The van der Waals surface area contributed by atoms with Crippen molar-refractivity contribution in [3.8, 4) is 0 Å². The molecule has 2 rings (SSSR count). The molecule has 1 aliphatic heterocycles. The molecule has 0 unspecified atom stereocenters. The van der Waals surface area contributed by atoms with Crippen molar-refractivity contribution in [1.29, 1.82) is 0 Å². The van der Waals surface area contributed by atoms with Crippen molar-refractivity contribution < 1.29 is 9.18 Å². The Hall–Kier alpha value is -1.22. The predicted octanol–water partition coefficient (Wildman–Crippen LogP) is 3.03. The van der Waals surface area contributed by atoms with E-state index in [2.05, 4.69) is 5.32 Å². The number of piperidine rings is 1. The monoisotopic (exact) mass is 263 g/mol. The van der Waals surface area contributed by atoms with Gasteiger partial charge in [0.2, 0.25) is 0 Å². The lowest BCUT2D eigenvalue weighted by Crippen LogP contribution is -2.28. The van der Waals surface area contributed by atoms with Crippen LogP contribution in [0.4, 0.5) is 4.39 Å². The van der Waals surface area contributed by atoms with E-state index in [0.29, 0.717) is 18.8 Å². The predicted molar refractivity (Wildman–Crippen MR) is 74.7 cm³/mol. The molecule has 0 amide bonds. The number of carbonyl (C=O) groups is 1. The molecule has 0 atom stereocenters. The fraction of sp³-hybridized carbons (Fsp3) is 0.562. The highest BCUT2D eigenvalue weighted by Gasteiger charge is 2.15. The first-order valence-electron chi connectivity index (χ1n) is 7.12. The van der Waals surface area contributed by atoms with Gasteiger partial charge in [-0.15, -0.1) is 0 Å². The van der Waals surface area contributed by atoms with Gasteiger partial charge in [-0.2, -0.15) is 0 Å². The number of hydrogen-bond donors (Lipinski definition) is 1. The normalized spacial score (nSPS) is 16.5. The van der Waals surface area contributed by atoms with Gasteiger partial charge in [-0.3, -0.25) is 4.79 Å². The second-order valence-electron chi connectivity index (χ2n) is 5.52. The van der Waals surface area contributed by atoms with Crippen LogP contribution in [0.1, 0.15) is 36.8 Å². The quantitative estimate of drug-likeness (QED) is 0.884. The number of aryl methyl sites for hydroxylation is 1. The van der Waals surface area contributed by atoms with Crippen LogP contribution < -0.4 is 5.32 Å². The maximum absolute atomic E-state index is 13.0. The lowest BCUT2D eigenvalue weighted by Gasteiger charge is -2.22. The first kappa shape index (κ1) is 14.2. The third kappa shape index (κ3) is 4.43. The van der Waals surface area contributed by atoms with Crippen molar-refractivity contribution in [2.45, 2.75) is 39.0 Å². The Bertz CT molecular complexity index is 438. The summed E-state index contributed by atoms with van der Waals surface area (Å²) in [6, 6.07) is 4.66. The lowest BCUT2D eigenvalue weighted by atomic mass is 9.91. The largest absolute Gasteiger partial charge is 0.317 e. The Balaban J connectivity index is 1.80. The fourth-order valence-corrected chi connectivity index (χ4v) is 2.69. The number of hydrogen-bond acceptors (Lipinski definition) is 2. The number of ketones is 1. The Labute approximate surface area is 114 Å². The zero-order valence-electron chi connectivity index (χ0n) is 11.5. The summed E-state index contributed by atoms with van der Waals surface area (Å²) in [6.07, 6.45) is 4.46. The van der Waals surface area contributed by atoms with Crippen LogP contribution in [0.5, 0.6) is 0 Å². The Morgan fingerprint density at radius 1 is 1.37 bits per heavy atom. The van der Waals surface area contributed by atoms with E-state index in [1.54, 1.807) is 6.07 Å². The molecule has 1 heterocycles. The van der Waals surface area contributed by atoms with Gasteiger partial charge in [-0.25, -0.2) is 4.39 Å². The van der Waals surface area contributed by atoms with E-state index < -0.39 is 0 Å². The van der Waals surface area contributed by atoms with Crippen molar-refractivity contribution in [1.82, 2.24) is 5.32 Å². The van der Waals surface area contributed by atoms with Gasteiger partial charge in [-0.1, -0.05) is 6.07 Å². The molecular weight excluding hydrogens is 241 g/mol. The molecule has 1 aromatic rings. The maximum Gasteiger partial charge on any atom is 0.137 e. The van der Waals surface area contributed by atoms with Crippen molar-refractivity contribution in [2.75, 3.05) is 13.1 Å². The molecule has 0 spiro atoms. The van der Waals surface area contributed by atoms with Gasteiger partial charge in [0.15, 0.2) is 0 Å². The molecular formula is C16H22FNO. The van der Waals surface area contributed by atoms with Gasteiger partial charge < -0.3 is 5.32 Å². The van der Waals surface area contributed by atoms with Crippen LogP contribution in [-0.4, -0.2) is 18.9 Å².